The Morgan fingerprint density at radius 2 is 2.04 bits per heavy atom. The highest BCUT2D eigenvalue weighted by Crippen LogP contribution is 2.17. The minimum atomic E-state index is -1.05. The third-order valence-corrected chi connectivity index (χ3v) is 4.45. The number of nitrogens with zero attached hydrogens (tertiary/aromatic N) is 2. The maximum absolute atomic E-state index is 12.0. The lowest BCUT2D eigenvalue weighted by molar-refractivity contribution is -0.113. The minimum Gasteiger partial charge on any atom is -0.486 e. The number of H-pyrrole nitrogens is 1. The molecule has 0 saturated heterocycles. The van der Waals surface area contributed by atoms with E-state index in [-0.39, 0.29) is 23.8 Å². The molecule has 3 N–H and O–H groups in total. The molecule has 0 bridgehead atoms. The van der Waals surface area contributed by atoms with Crippen LogP contribution >= 0.6 is 11.8 Å². The summed E-state index contributed by atoms with van der Waals surface area (Å²) < 4.78 is 5.65. The van der Waals surface area contributed by atoms with Gasteiger partial charge in [-0.15, -0.1) is 5.10 Å². The molecule has 0 unspecified atom stereocenters. The molecule has 0 radical (unpaired) electrons. The molecule has 0 atom stereocenters. The number of aromatic carboxylic acids is 1. The number of aromatic amines is 1. The number of anilines is 1. The Bertz CT molecular complexity index is 989. The number of aromatic nitrogens is 3. The highest BCUT2D eigenvalue weighted by atomic mass is 32.2. The number of benzene rings is 2. The summed E-state index contributed by atoms with van der Waals surface area (Å²) in [7, 11) is 0. The van der Waals surface area contributed by atoms with Gasteiger partial charge in [-0.2, -0.15) is 0 Å². The highest BCUT2D eigenvalue weighted by molar-refractivity contribution is 7.99. The van der Waals surface area contributed by atoms with Crippen LogP contribution < -0.4 is 10.1 Å². The first kappa shape index (κ1) is 19.4. The first-order valence-electron chi connectivity index (χ1n) is 8.36. The molecule has 2 aromatic carbocycles. The van der Waals surface area contributed by atoms with Gasteiger partial charge in [0.05, 0.1) is 11.3 Å². The van der Waals surface area contributed by atoms with Crippen molar-refractivity contribution in [1.82, 2.24) is 15.2 Å². The Balaban J connectivity index is 1.48. The van der Waals surface area contributed by atoms with E-state index in [1.54, 1.807) is 12.1 Å². The molecule has 3 rings (SSSR count). The Kier molecular flexibility index (Phi) is 6.28. The predicted molar refractivity (Wildman–Crippen MR) is 105 cm³/mol. The average Bonchev–Trinajstić information content (AvgIpc) is 3.13. The second kappa shape index (κ2) is 9.05. The standard InChI is InChI=1S/C19H18N4O4S/c1-12-4-2-7-15(8-12)27-10-16-21-19(23-22-16)28-11-17(24)20-14-6-3-5-13(9-14)18(25)26/h2-9H,10-11H2,1H3,(H,20,24)(H,25,26)(H,21,22,23). The van der Waals surface area contributed by atoms with Gasteiger partial charge in [0.25, 0.3) is 0 Å². The molecule has 9 heteroatoms. The first-order valence-corrected chi connectivity index (χ1v) is 9.35. The summed E-state index contributed by atoms with van der Waals surface area (Å²) in [6.45, 7) is 2.23. The highest BCUT2D eigenvalue weighted by Gasteiger charge is 2.10. The molecule has 0 aliphatic heterocycles. The van der Waals surface area contributed by atoms with Crippen LogP contribution in [0, 0.1) is 6.92 Å². The van der Waals surface area contributed by atoms with Crippen molar-refractivity contribution in [3.63, 3.8) is 0 Å². The van der Waals surface area contributed by atoms with Gasteiger partial charge in [-0.25, -0.2) is 9.78 Å². The normalized spacial score (nSPS) is 10.5. The number of hydrogen-bond donors (Lipinski definition) is 3. The molecule has 1 heterocycles. The van der Waals surface area contributed by atoms with Gasteiger partial charge in [-0.1, -0.05) is 30.0 Å². The molecule has 1 amide bonds. The molecule has 144 valence electrons. The van der Waals surface area contributed by atoms with Gasteiger partial charge >= 0.3 is 5.97 Å². The summed E-state index contributed by atoms with van der Waals surface area (Å²) in [6, 6.07) is 13.7. The fourth-order valence-electron chi connectivity index (χ4n) is 2.32. The van der Waals surface area contributed by atoms with E-state index in [2.05, 4.69) is 20.5 Å². The van der Waals surface area contributed by atoms with Crippen LogP contribution in [0.1, 0.15) is 21.7 Å². The fourth-order valence-corrected chi connectivity index (χ4v) is 2.94. The number of carboxylic acids is 1. The molecule has 8 nitrogen and oxygen atoms in total. The van der Waals surface area contributed by atoms with E-state index in [4.69, 9.17) is 9.84 Å². The lowest BCUT2D eigenvalue weighted by atomic mass is 10.2. The van der Waals surface area contributed by atoms with E-state index in [0.717, 1.165) is 11.3 Å². The number of aryl methyl sites for hydroxylation is 1. The number of hydrogen-bond acceptors (Lipinski definition) is 6. The van der Waals surface area contributed by atoms with Crippen LogP contribution in [-0.4, -0.2) is 37.9 Å². The SMILES string of the molecule is Cc1cccc(OCc2nc(SCC(=O)Nc3cccc(C(=O)O)c3)n[nH]2)c1. The van der Waals surface area contributed by atoms with Crippen LogP contribution in [0.2, 0.25) is 0 Å². The van der Waals surface area contributed by atoms with Gasteiger partial charge in [0.2, 0.25) is 11.1 Å². The second-order valence-electron chi connectivity index (χ2n) is 5.89. The van der Waals surface area contributed by atoms with Crippen molar-refractivity contribution in [2.24, 2.45) is 0 Å². The van der Waals surface area contributed by atoms with Gasteiger partial charge in [0.15, 0.2) is 5.82 Å². The molecular weight excluding hydrogens is 380 g/mol. The molecule has 0 saturated carbocycles. The summed E-state index contributed by atoms with van der Waals surface area (Å²) >= 11 is 1.17. The zero-order valence-corrected chi connectivity index (χ0v) is 15.8. The summed E-state index contributed by atoms with van der Waals surface area (Å²) in [4.78, 5) is 27.3. The number of carbonyl (C=O) groups is 2. The molecule has 3 aromatic rings. The largest absolute Gasteiger partial charge is 0.486 e. The zero-order chi connectivity index (χ0) is 19.9. The monoisotopic (exact) mass is 398 g/mol. The molecular formula is C19H18N4O4S. The van der Waals surface area contributed by atoms with Crippen LogP contribution in [-0.2, 0) is 11.4 Å². The van der Waals surface area contributed by atoms with E-state index < -0.39 is 5.97 Å². The van der Waals surface area contributed by atoms with Gasteiger partial charge < -0.3 is 15.2 Å². The van der Waals surface area contributed by atoms with Crippen molar-refractivity contribution >= 4 is 29.3 Å². The number of nitrogens with one attached hydrogen (secondary N) is 2. The topological polar surface area (TPSA) is 117 Å². The number of rotatable bonds is 8. The lowest BCUT2D eigenvalue weighted by Crippen LogP contribution is -2.14. The van der Waals surface area contributed by atoms with E-state index >= 15 is 0 Å². The van der Waals surface area contributed by atoms with Crippen LogP contribution in [0.5, 0.6) is 5.75 Å². The van der Waals surface area contributed by atoms with Crippen molar-refractivity contribution in [1.29, 1.82) is 0 Å². The Hall–Kier alpha value is -3.33. The summed E-state index contributed by atoms with van der Waals surface area (Å²) in [6.07, 6.45) is 0. The summed E-state index contributed by atoms with van der Waals surface area (Å²) in [5, 5.41) is 18.9. The number of carbonyl (C=O) groups excluding carboxylic acids is 1. The average molecular weight is 398 g/mol. The third-order valence-electron chi connectivity index (χ3n) is 3.60. The first-order chi connectivity index (χ1) is 13.5. The van der Waals surface area contributed by atoms with E-state index in [9.17, 15) is 9.59 Å². The zero-order valence-electron chi connectivity index (χ0n) is 15.0. The van der Waals surface area contributed by atoms with Gasteiger partial charge in [-0.05, 0) is 42.8 Å². The van der Waals surface area contributed by atoms with Gasteiger partial charge in [0.1, 0.15) is 12.4 Å². The summed E-state index contributed by atoms with van der Waals surface area (Å²) in [5.74, 6) is 0.0570. The van der Waals surface area contributed by atoms with E-state index in [1.165, 1.54) is 23.9 Å². The molecule has 0 fully saturated rings. The number of carboxylic acid groups (broad SMARTS) is 1. The Morgan fingerprint density at radius 3 is 2.82 bits per heavy atom. The maximum Gasteiger partial charge on any atom is 0.335 e. The van der Waals surface area contributed by atoms with Crippen LogP contribution in [0.15, 0.2) is 53.7 Å². The van der Waals surface area contributed by atoms with Crippen LogP contribution in [0.3, 0.4) is 0 Å². The fraction of sp³-hybridized carbons (Fsp3) is 0.158. The lowest BCUT2D eigenvalue weighted by Gasteiger charge is -2.05. The molecule has 28 heavy (non-hydrogen) atoms. The minimum absolute atomic E-state index is 0.0906. The van der Waals surface area contributed by atoms with Crippen LogP contribution in [0.25, 0.3) is 0 Å². The van der Waals surface area contributed by atoms with Crippen molar-refractivity contribution in [2.45, 2.75) is 18.7 Å². The van der Waals surface area contributed by atoms with Gasteiger partial charge in [0, 0.05) is 5.69 Å². The number of thioether (sulfide) groups is 1. The maximum atomic E-state index is 12.0. The van der Waals surface area contributed by atoms with Crippen molar-refractivity contribution in [3.05, 3.63) is 65.5 Å². The van der Waals surface area contributed by atoms with E-state index in [1.807, 2.05) is 31.2 Å². The van der Waals surface area contributed by atoms with Crippen molar-refractivity contribution in [3.8, 4) is 5.75 Å². The molecule has 0 spiro atoms. The Labute approximate surface area is 165 Å². The number of ether oxygens (including phenoxy) is 1. The van der Waals surface area contributed by atoms with Crippen molar-refractivity contribution in [2.75, 3.05) is 11.1 Å². The van der Waals surface area contributed by atoms with Crippen molar-refractivity contribution < 1.29 is 19.4 Å². The molecule has 1 aromatic heterocycles. The Morgan fingerprint density at radius 1 is 1.21 bits per heavy atom. The quantitative estimate of drug-likeness (QED) is 0.499. The molecule has 0 aliphatic rings. The smallest absolute Gasteiger partial charge is 0.335 e. The summed E-state index contributed by atoms with van der Waals surface area (Å²) in [5.41, 5.74) is 1.64. The molecule has 0 aliphatic carbocycles. The predicted octanol–water partition coefficient (Wildman–Crippen LogP) is 3.12. The third kappa shape index (κ3) is 5.58. The van der Waals surface area contributed by atoms with Crippen LogP contribution in [0.4, 0.5) is 5.69 Å². The second-order valence-corrected chi connectivity index (χ2v) is 6.84. The van der Waals surface area contributed by atoms with Gasteiger partial charge in [-0.3, -0.25) is 9.89 Å². The van der Waals surface area contributed by atoms with E-state index in [0.29, 0.717) is 16.7 Å². The number of amides is 1.